The van der Waals surface area contributed by atoms with E-state index in [0.29, 0.717) is 16.0 Å². The zero-order valence-corrected chi connectivity index (χ0v) is 9.65. The molecule has 0 bridgehead atoms. The van der Waals surface area contributed by atoms with Crippen LogP contribution in [0.1, 0.15) is 10.5 Å². The highest BCUT2D eigenvalue weighted by Gasteiger charge is 2.11. The number of nitrogens with one attached hydrogen (secondary N) is 2. The first-order chi connectivity index (χ1) is 7.66. The fraction of sp³-hybridized carbons (Fsp3) is 0. The Balaban J connectivity index is 2.14. The van der Waals surface area contributed by atoms with E-state index in [-0.39, 0.29) is 11.6 Å². The number of pyridine rings is 1. The molecule has 2 heterocycles. The highest BCUT2D eigenvalue weighted by molar-refractivity contribution is 9.10. The highest BCUT2D eigenvalue weighted by atomic mass is 79.9. The smallest absolute Gasteiger partial charge is 0.275 e. The minimum atomic E-state index is -0.348. The molecule has 2 aromatic rings. The van der Waals surface area contributed by atoms with E-state index in [2.05, 4.69) is 36.4 Å². The summed E-state index contributed by atoms with van der Waals surface area (Å²) in [6, 6.07) is 3.45. The van der Waals surface area contributed by atoms with Crippen LogP contribution in [0.3, 0.4) is 0 Å². The minimum Gasteiger partial charge on any atom is -0.396 e. The molecule has 0 radical (unpaired) electrons. The minimum absolute atomic E-state index is 0.239. The van der Waals surface area contributed by atoms with Gasteiger partial charge in [-0.15, -0.1) is 0 Å². The van der Waals surface area contributed by atoms with Crippen LogP contribution >= 0.6 is 15.9 Å². The average Bonchev–Trinajstić information content (AvgIpc) is 2.68. The molecule has 82 valence electrons. The van der Waals surface area contributed by atoms with Crippen LogP contribution in [0.4, 0.5) is 11.4 Å². The number of carbonyl (C=O) groups is 1. The van der Waals surface area contributed by atoms with Crippen LogP contribution < -0.4 is 11.1 Å². The van der Waals surface area contributed by atoms with Crippen LogP contribution in [0, 0.1) is 0 Å². The van der Waals surface area contributed by atoms with Gasteiger partial charge in [0.2, 0.25) is 0 Å². The van der Waals surface area contributed by atoms with E-state index >= 15 is 0 Å². The second kappa shape index (κ2) is 4.31. The lowest BCUT2D eigenvalue weighted by Gasteiger charge is -2.03. The first kappa shape index (κ1) is 10.6. The Kier molecular flexibility index (Phi) is 2.86. The van der Waals surface area contributed by atoms with Crippen LogP contribution in [-0.2, 0) is 0 Å². The molecule has 2 rings (SSSR count). The molecule has 0 saturated heterocycles. The molecular formula is C9H8BrN5O. The molecule has 0 aliphatic carbocycles. The predicted molar refractivity (Wildman–Crippen MR) is 62.9 cm³/mol. The fourth-order valence-corrected chi connectivity index (χ4v) is 1.36. The molecule has 0 atom stereocenters. The number of nitrogens with two attached hydrogens (primary N) is 1. The Morgan fingerprint density at radius 3 is 2.81 bits per heavy atom. The van der Waals surface area contributed by atoms with E-state index < -0.39 is 0 Å². The summed E-state index contributed by atoms with van der Waals surface area (Å²) in [6.07, 6.45) is 2.92. The van der Waals surface area contributed by atoms with Crippen molar-refractivity contribution in [2.45, 2.75) is 0 Å². The Labute approximate surface area is 99.4 Å². The van der Waals surface area contributed by atoms with Gasteiger partial charge in [-0.05, 0) is 28.1 Å². The van der Waals surface area contributed by atoms with Gasteiger partial charge in [0.25, 0.3) is 5.91 Å². The first-order valence-corrected chi connectivity index (χ1v) is 5.18. The third-order valence-corrected chi connectivity index (χ3v) is 2.35. The lowest BCUT2D eigenvalue weighted by Crippen LogP contribution is -2.14. The van der Waals surface area contributed by atoms with E-state index in [1.165, 1.54) is 12.4 Å². The summed E-state index contributed by atoms with van der Waals surface area (Å²) in [4.78, 5) is 15.7. The summed E-state index contributed by atoms with van der Waals surface area (Å²) in [5.41, 5.74) is 6.67. The van der Waals surface area contributed by atoms with Gasteiger partial charge in [0, 0.05) is 0 Å². The largest absolute Gasteiger partial charge is 0.396 e. The van der Waals surface area contributed by atoms with Crippen molar-refractivity contribution in [3.05, 3.63) is 34.8 Å². The fourth-order valence-electron chi connectivity index (χ4n) is 1.12. The zero-order chi connectivity index (χ0) is 11.5. The van der Waals surface area contributed by atoms with Crippen LogP contribution in [0.15, 0.2) is 29.1 Å². The molecule has 0 aromatic carbocycles. The molecule has 2 aromatic heterocycles. The number of hydrogen-bond acceptors (Lipinski definition) is 4. The number of aromatic nitrogens is 3. The van der Waals surface area contributed by atoms with Gasteiger partial charge in [0.15, 0.2) is 0 Å². The maximum Gasteiger partial charge on any atom is 0.275 e. The quantitative estimate of drug-likeness (QED) is 0.725. The molecule has 1 amide bonds. The number of H-pyrrole nitrogens is 1. The van der Waals surface area contributed by atoms with Crippen molar-refractivity contribution in [3.8, 4) is 0 Å². The van der Waals surface area contributed by atoms with Crippen molar-refractivity contribution in [2.24, 2.45) is 0 Å². The Bertz CT molecular complexity index is 507. The first-order valence-electron chi connectivity index (χ1n) is 4.38. The van der Waals surface area contributed by atoms with Crippen molar-refractivity contribution in [1.29, 1.82) is 0 Å². The van der Waals surface area contributed by atoms with E-state index in [4.69, 9.17) is 5.73 Å². The van der Waals surface area contributed by atoms with E-state index in [1.807, 2.05) is 0 Å². The van der Waals surface area contributed by atoms with Crippen molar-refractivity contribution >= 4 is 33.2 Å². The number of nitrogen functional groups attached to an aromatic ring is 1. The SMILES string of the molecule is Nc1cn[nH]c1C(=O)Nc1ccc(Br)nc1. The van der Waals surface area contributed by atoms with Gasteiger partial charge in [-0.3, -0.25) is 9.89 Å². The molecule has 16 heavy (non-hydrogen) atoms. The van der Waals surface area contributed by atoms with Crippen molar-refractivity contribution in [3.63, 3.8) is 0 Å². The summed E-state index contributed by atoms with van der Waals surface area (Å²) >= 11 is 3.20. The molecule has 0 spiro atoms. The lowest BCUT2D eigenvalue weighted by molar-refractivity contribution is 0.102. The molecule has 0 fully saturated rings. The normalized spacial score (nSPS) is 10.1. The Morgan fingerprint density at radius 2 is 2.25 bits per heavy atom. The predicted octanol–water partition coefficient (Wildman–Crippen LogP) is 1.40. The third-order valence-electron chi connectivity index (χ3n) is 1.88. The molecule has 0 aliphatic rings. The topological polar surface area (TPSA) is 96.7 Å². The Morgan fingerprint density at radius 1 is 1.44 bits per heavy atom. The number of rotatable bonds is 2. The summed E-state index contributed by atoms with van der Waals surface area (Å²) in [5.74, 6) is -0.348. The summed E-state index contributed by atoms with van der Waals surface area (Å²) in [7, 11) is 0. The molecule has 0 aliphatic heterocycles. The number of hydrogen-bond donors (Lipinski definition) is 3. The van der Waals surface area contributed by atoms with E-state index in [1.54, 1.807) is 12.1 Å². The zero-order valence-electron chi connectivity index (χ0n) is 8.07. The lowest BCUT2D eigenvalue weighted by atomic mass is 10.3. The molecule has 6 nitrogen and oxygen atoms in total. The number of nitrogens with zero attached hydrogens (tertiary/aromatic N) is 2. The monoisotopic (exact) mass is 281 g/mol. The van der Waals surface area contributed by atoms with Gasteiger partial charge in [-0.1, -0.05) is 0 Å². The van der Waals surface area contributed by atoms with Crippen LogP contribution in [0.5, 0.6) is 0 Å². The maximum atomic E-state index is 11.7. The van der Waals surface area contributed by atoms with Crippen LogP contribution in [-0.4, -0.2) is 21.1 Å². The van der Waals surface area contributed by atoms with Gasteiger partial charge in [0.1, 0.15) is 10.3 Å². The molecular weight excluding hydrogens is 274 g/mol. The molecule has 0 saturated carbocycles. The highest BCUT2D eigenvalue weighted by Crippen LogP contribution is 2.13. The summed E-state index contributed by atoms with van der Waals surface area (Å²) in [5, 5.41) is 8.82. The van der Waals surface area contributed by atoms with Crippen LogP contribution in [0.25, 0.3) is 0 Å². The van der Waals surface area contributed by atoms with Gasteiger partial charge < -0.3 is 11.1 Å². The number of amides is 1. The average molecular weight is 282 g/mol. The number of carbonyl (C=O) groups excluding carboxylic acids is 1. The maximum absolute atomic E-state index is 11.7. The summed E-state index contributed by atoms with van der Waals surface area (Å²) in [6.45, 7) is 0. The number of anilines is 2. The summed E-state index contributed by atoms with van der Waals surface area (Å²) < 4.78 is 0.701. The van der Waals surface area contributed by atoms with Gasteiger partial charge >= 0.3 is 0 Å². The third kappa shape index (κ3) is 2.19. The van der Waals surface area contributed by atoms with Gasteiger partial charge in [0.05, 0.1) is 23.8 Å². The molecule has 7 heteroatoms. The molecule has 4 N–H and O–H groups in total. The standard InChI is InChI=1S/C9H8BrN5O/c10-7-2-1-5(3-12-7)14-9(16)8-6(11)4-13-15-8/h1-4H,11H2,(H,13,15)(H,14,16). The van der Waals surface area contributed by atoms with E-state index in [9.17, 15) is 4.79 Å². The second-order valence-electron chi connectivity index (χ2n) is 3.02. The van der Waals surface area contributed by atoms with Gasteiger partial charge in [-0.2, -0.15) is 5.10 Å². The Hall–Kier alpha value is -1.89. The number of aromatic amines is 1. The van der Waals surface area contributed by atoms with Crippen molar-refractivity contribution in [1.82, 2.24) is 15.2 Å². The molecule has 0 unspecified atom stereocenters. The van der Waals surface area contributed by atoms with Gasteiger partial charge in [-0.25, -0.2) is 4.98 Å². The van der Waals surface area contributed by atoms with E-state index in [0.717, 1.165) is 0 Å². The van der Waals surface area contributed by atoms with Crippen molar-refractivity contribution in [2.75, 3.05) is 11.1 Å². The van der Waals surface area contributed by atoms with Crippen LogP contribution in [0.2, 0.25) is 0 Å². The van der Waals surface area contributed by atoms with Crippen molar-refractivity contribution < 1.29 is 4.79 Å². The number of halogens is 1. The second-order valence-corrected chi connectivity index (χ2v) is 3.84.